The van der Waals surface area contributed by atoms with E-state index in [1.165, 1.54) is 0 Å². The molecule has 0 heterocycles. The summed E-state index contributed by atoms with van der Waals surface area (Å²) in [5.41, 5.74) is 1.58. The smallest absolute Gasteiger partial charge is 0.0985 e. The van der Waals surface area contributed by atoms with Crippen LogP contribution in [0.15, 0.2) is 30.8 Å². The lowest BCUT2D eigenvalue weighted by molar-refractivity contribution is 1.46. The quantitative estimate of drug-likeness (QED) is 0.538. The van der Waals surface area contributed by atoms with Crippen LogP contribution in [-0.4, -0.2) is 0 Å². The Morgan fingerprint density at radius 3 is 2.30 bits per heavy atom. The Morgan fingerprint density at radius 2 is 1.90 bits per heavy atom. The number of hydrogen-bond acceptors (Lipinski definition) is 1. The normalized spacial score (nSPS) is 8.30. The second-order valence-electron chi connectivity index (χ2n) is 1.90. The maximum absolute atomic E-state index is 8.30. The summed E-state index contributed by atoms with van der Waals surface area (Å²) in [7, 11) is 0. The minimum Gasteiger partial charge on any atom is -0.0985 e. The third-order valence-electron chi connectivity index (χ3n) is 1.24. The maximum atomic E-state index is 8.30. The number of diazo groups is 1. The van der Waals surface area contributed by atoms with Crippen LogP contribution in [0.1, 0.15) is 5.56 Å². The Hall–Kier alpha value is -1.62. The molecule has 0 bridgehead atoms. The first-order chi connectivity index (χ1) is 4.86. The topological polar surface area (TPSA) is 28.1 Å². The first-order valence-electron chi connectivity index (χ1n) is 2.94. The van der Waals surface area contributed by atoms with Crippen molar-refractivity contribution in [3.05, 3.63) is 41.4 Å². The molecule has 0 saturated heterocycles. The van der Waals surface area contributed by atoms with E-state index >= 15 is 0 Å². The molecule has 0 amide bonds. The summed E-state index contributed by atoms with van der Waals surface area (Å²) in [6.07, 6.45) is 1.74. The third kappa shape index (κ3) is 1.20. The molecule has 2 nitrogen and oxygen atoms in total. The Morgan fingerprint density at radius 1 is 1.30 bits per heavy atom. The highest BCUT2D eigenvalue weighted by molar-refractivity contribution is 5.53. The van der Waals surface area contributed by atoms with E-state index in [-0.39, 0.29) is 0 Å². The predicted octanol–water partition coefficient (Wildman–Crippen LogP) is 2.81. The van der Waals surface area contributed by atoms with Crippen molar-refractivity contribution in [1.82, 2.24) is 0 Å². The number of rotatable bonds is 1. The molecule has 0 spiro atoms. The Balaban J connectivity index is 3.04. The highest BCUT2D eigenvalue weighted by Gasteiger charge is 1.99. The van der Waals surface area contributed by atoms with Crippen LogP contribution < -0.4 is 0 Å². The van der Waals surface area contributed by atoms with Crippen molar-refractivity contribution in [2.24, 2.45) is 0 Å². The molecule has 0 aliphatic heterocycles. The van der Waals surface area contributed by atoms with E-state index in [4.69, 9.17) is 5.39 Å². The van der Waals surface area contributed by atoms with Crippen molar-refractivity contribution >= 4 is 11.8 Å². The average molecular weight is 131 g/mol. The molecular formula is C8H7N2+. The molecule has 1 aromatic carbocycles. The molecule has 0 aliphatic carbocycles. The van der Waals surface area contributed by atoms with E-state index in [0.717, 1.165) is 5.56 Å². The van der Waals surface area contributed by atoms with Gasteiger partial charge in [0.1, 0.15) is 0 Å². The van der Waals surface area contributed by atoms with Crippen LogP contribution in [0.2, 0.25) is 0 Å². The van der Waals surface area contributed by atoms with E-state index in [0.29, 0.717) is 5.69 Å². The third-order valence-corrected chi connectivity index (χ3v) is 1.24. The lowest BCUT2D eigenvalue weighted by Gasteiger charge is -1.84. The van der Waals surface area contributed by atoms with Crippen LogP contribution >= 0.6 is 0 Å². The molecule has 2 heteroatoms. The second kappa shape index (κ2) is 2.79. The van der Waals surface area contributed by atoms with Gasteiger partial charge < -0.3 is 0 Å². The molecule has 0 atom stereocenters. The van der Waals surface area contributed by atoms with Crippen molar-refractivity contribution in [1.29, 1.82) is 5.39 Å². The number of hydrogen-bond donors (Lipinski definition) is 0. The van der Waals surface area contributed by atoms with Gasteiger partial charge in [-0.25, -0.2) is 0 Å². The lowest BCUT2D eigenvalue weighted by Crippen LogP contribution is -1.66. The molecule has 10 heavy (non-hydrogen) atoms. The van der Waals surface area contributed by atoms with Crippen LogP contribution in [0.4, 0.5) is 5.69 Å². The summed E-state index contributed by atoms with van der Waals surface area (Å²) < 4.78 is 0. The first-order valence-corrected chi connectivity index (χ1v) is 2.94. The van der Waals surface area contributed by atoms with Gasteiger partial charge in [-0.1, -0.05) is 12.7 Å². The maximum Gasteiger partial charge on any atom is 0.385 e. The van der Waals surface area contributed by atoms with E-state index in [9.17, 15) is 0 Å². The largest absolute Gasteiger partial charge is 0.385 e. The highest BCUT2D eigenvalue weighted by Crippen LogP contribution is 2.12. The van der Waals surface area contributed by atoms with Gasteiger partial charge in [0.2, 0.25) is 5.39 Å². The van der Waals surface area contributed by atoms with E-state index < -0.39 is 0 Å². The molecule has 0 radical (unpaired) electrons. The minimum absolute atomic E-state index is 0.561. The summed E-state index contributed by atoms with van der Waals surface area (Å²) >= 11 is 0. The number of nitrogens with zero attached hydrogens (tertiary/aromatic N) is 2. The standard InChI is InChI=1S/C8H7N2/c1-2-7-3-5-8(10-9)6-4-7/h2-6H,1H2/q+1. The van der Waals surface area contributed by atoms with E-state index in [1.54, 1.807) is 18.2 Å². The van der Waals surface area contributed by atoms with Crippen molar-refractivity contribution < 1.29 is 0 Å². The van der Waals surface area contributed by atoms with Crippen molar-refractivity contribution in [3.63, 3.8) is 0 Å². The molecule has 1 aromatic rings. The molecule has 0 aliphatic rings. The molecule has 0 fully saturated rings. The fourth-order valence-corrected chi connectivity index (χ4v) is 0.677. The van der Waals surface area contributed by atoms with Gasteiger partial charge in [-0.3, -0.25) is 0 Å². The average Bonchev–Trinajstić information content (AvgIpc) is 2.05. The zero-order valence-corrected chi connectivity index (χ0v) is 5.49. The van der Waals surface area contributed by atoms with Gasteiger partial charge in [-0.05, 0) is 17.7 Å². The SMILES string of the molecule is C=Cc1ccc([N+]#N)cc1. The lowest BCUT2D eigenvalue weighted by atomic mass is 10.2. The van der Waals surface area contributed by atoms with Crippen LogP contribution in [-0.2, 0) is 0 Å². The van der Waals surface area contributed by atoms with Crippen LogP contribution in [0, 0.1) is 5.39 Å². The predicted molar refractivity (Wildman–Crippen MR) is 41.3 cm³/mol. The van der Waals surface area contributed by atoms with Gasteiger partial charge in [-0.2, -0.15) is 0 Å². The molecule has 1 rings (SSSR count). The van der Waals surface area contributed by atoms with Crippen LogP contribution in [0.25, 0.3) is 11.1 Å². The molecule has 0 unspecified atom stereocenters. The molecule has 48 valence electrons. The van der Waals surface area contributed by atoms with Gasteiger partial charge in [-0.15, -0.1) is 0 Å². The highest BCUT2D eigenvalue weighted by atomic mass is 14.8. The monoisotopic (exact) mass is 131 g/mol. The molecule has 0 saturated carbocycles. The van der Waals surface area contributed by atoms with Crippen molar-refractivity contribution in [2.75, 3.05) is 0 Å². The van der Waals surface area contributed by atoms with Crippen LogP contribution in [0.5, 0.6) is 0 Å². The summed E-state index contributed by atoms with van der Waals surface area (Å²) in [5.74, 6) is 0. The van der Waals surface area contributed by atoms with Gasteiger partial charge in [0.15, 0.2) is 4.98 Å². The van der Waals surface area contributed by atoms with E-state index in [1.807, 2.05) is 12.1 Å². The molecule has 0 N–H and O–H groups in total. The van der Waals surface area contributed by atoms with Crippen molar-refractivity contribution in [2.45, 2.75) is 0 Å². The van der Waals surface area contributed by atoms with Gasteiger partial charge >= 0.3 is 5.69 Å². The summed E-state index contributed by atoms with van der Waals surface area (Å²) in [6.45, 7) is 3.59. The first kappa shape index (κ1) is 6.50. The summed E-state index contributed by atoms with van der Waals surface area (Å²) in [4.78, 5) is 3.01. The second-order valence-corrected chi connectivity index (χ2v) is 1.90. The fraction of sp³-hybridized carbons (Fsp3) is 0. The zero-order valence-electron chi connectivity index (χ0n) is 5.49. The number of benzene rings is 1. The molecule has 0 aromatic heterocycles. The Kier molecular flexibility index (Phi) is 1.81. The zero-order chi connectivity index (χ0) is 7.40. The Labute approximate surface area is 59.4 Å². The van der Waals surface area contributed by atoms with Gasteiger partial charge in [0, 0.05) is 12.1 Å². The van der Waals surface area contributed by atoms with Crippen molar-refractivity contribution in [3.8, 4) is 0 Å². The van der Waals surface area contributed by atoms with E-state index in [2.05, 4.69) is 11.6 Å². The Bertz CT molecular complexity index is 266. The van der Waals surface area contributed by atoms with Gasteiger partial charge in [0.05, 0.1) is 0 Å². The summed E-state index contributed by atoms with van der Waals surface area (Å²) in [5, 5.41) is 8.30. The fourth-order valence-electron chi connectivity index (χ4n) is 0.677. The van der Waals surface area contributed by atoms with Crippen LogP contribution in [0.3, 0.4) is 0 Å². The van der Waals surface area contributed by atoms with Gasteiger partial charge in [0.25, 0.3) is 0 Å². The molecular weight excluding hydrogens is 124 g/mol. The summed E-state index contributed by atoms with van der Waals surface area (Å²) in [6, 6.07) is 7.11. The minimum atomic E-state index is 0.561.